The Morgan fingerprint density at radius 3 is 2.55 bits per heavy atom. The average molecular weight is 405 g/mol. The van der Waals surface area contributed by atoms with Gasteiger partial charge in [-0.15, -0.1) is 0 Å². The third-order valence-corrected chi connectivity index (χ3v) is 4.41. The largest absolute Gasteiger partial charge is 0.437 e. The van der Waals surface area contributed by atoms with Gasteiger partial charge in [0.15, 0.2) is 6.61 Å². The first-order chi connectivity index (χ1) is 13.8. The second kappa shape index (κ2) is 8.86. The normalized spacial score (nSPS) is 22.1. The molecule has 3 rings (SSSR count). The Bertz CT molecular complexity index is 788. The Balaban J connectivity index is 1.47. The number of urea groups is 1. The summed E-state index contributed by atoms with van der Waals surface area (Å²) in [5.74, 6) is -0.614. The number of rotatable bonds is 4. The minimum Gasteiger partial charge on any atom is -0.437 e. The van der Waals surface area contributed by atoms with Gasteiger partial charge >= 0.3 is 18.1 Å². The van der Waals surface area contributed by atoms with Crippen molar-refractivity contribution in [3.8, 4) is 5.75 Å². The molecule has 11 nitrogen and oxygen atoms in total. The molecule has 0 radical (unpaired) electrons. The van der Waals surface area contributed by atoms with E-state index < -0.39 is 24.7 Å². The molecule has 0 bridgehead atoms. The van der Waals surface area contributed by atoms with Crippen LogP contribution in [0.5, 0.6) is 5.75 Å². The number of amides is 4. The highest BCUT2D eigenvalue weighted by atomic mass is 16.6. The number of carbonyl (C=O) groups is 4. The number of carbonyl (C=O) groups excluding carboxylic acids is 4. The molecular formula is C18H23N5O6. The van der Waals surface area contributed by atoms with Gasteiger partial charge in [0.1, 0.15) is 11.6 Å². The van der Waals surface area contributed by atoms with Crippen LogP contribution in [0.1, 0.15) is 20.3 Å². The number of imide groups is 1. The average Bonchev–Trinajstić information content (AvgIpc) is 2.66. The lowest BCUT2D eigenvalue weighted by molar-refractivity contribution is -0.138. The highest BCUT2D eigenvalue weighted by molar-refractivity contribution is 6.05. The molecule has 0 saturated carbocycles. The second-order valence-corrected chi connectivity index (χ2v) is 7.01. The highest BCUT2D eigenvalue weighted by Crippen LogP contribution is 2.18. The molecule has 11 heteroatoms. The maximum Gasteiger partial charge on any atom is 0.410 e. The van der Waals surface area contributed by atoms with Gasteiger partial charge in [0.25, 0.3) is 0 Å². The van der Waals surface area contributed by atoms with Crippen LogP contribution in [0.25, 0.3) is 0 Å². The molecule has 2 saturated heterocycles. The zero-order chi connectivity index (χ0) is 21.0. The van der Waals surface area contributed by atoms with E-state index >= 15 is 0 Å². The molecule has 4 amide bonds. The van der Waals surface area contributed by atoms with Crippen LogP contribution < -0.4 is 20.3 Å². The second-order valence-electron chi connectivity index (χ2n) is 7.01. The van der Waals surface area contributed by atoms with Crippen molar-refractivity contribution >= 4 is 29.8 Å². The number of nitrogens with one attached hydrogen (secondary N) is 2. The maximum atomic E-state index is 12.1. The van der Waals surface area contributed by atoms with Crippen molar-refractivity contribution < 1.29 is 28.7 Å². The first-order valence-electron chi connectivity index (χ1n) is 9.27. The predicted octanol–water partition coefficient (Wildman–Crippen LogP) is 0.252. The molecule has 2 unspecified atom stereocenters. The number of esters is 1. The van der Waals surface area contributed by atoms with E-state index in [-0.39, 0.29) is 36.7 Å². The lowest BCUT2D eigenvalue weighted by Gasteiger charge is -2.35. The summed E-state index contributed by atoms with van der Waals surface area (Å²) in [6, 6.07) is 2.69. The Hall–Kier alpha value is -3.21. The van der Waals surface area contributed by atoms with Crippen molar-refractivity contribution in [1.29, 1.82) is 0 Å². The van der Waals surface area contributed by atoms with Crippen molar-refractivity contribution in [1.82, 2.24) is 20.5 Å². The van der Waals surface area contributed by atoms with Gasteiger partial charge in [-0.2, -0.15) is 0 Å². The molecule has 0 aliphatic carbocycles. The van der Waals surface area contributed by atoms with Crippen molar-refractivity contribution in [2.24, 2.45) is 0 Å². The van der Waals surface area contributed by atoms with E-state index in [1.165, 1.54) is 23.2 Å². The van der Waals surface area contributed by atoms with Crippen LogP contribution in [0.2, 0.25) is 0 Å². The minimum absolute atomic E-state index is 0.142. The van der Waals surface area contributed by atoms with E-state index in [1.54, 1.807) is 4.90 Å². The van der Waals surface area contributed by atoms with Crippen LogP contribution in [-0.4, -0.2) is 72.2 Å². The number of nitrogens with zero attached hydrogens (tertiary/aromatic N) is 3. The summed E-state index contributed by atoms with van der Waals surface area (Å²) in [6.45, 7) is 4.62. The molecule has 0 aromatic carbocycles. The Morgan fingerprint density at radius 2 is 1.93 bits per heavy atom. The predicted molar refractivity (Wildman–Crippen MR) is 100 cm³/mol. The molecule has 2 aliphatic rings. The fraction of sp³-hybridized carbons (Fsp3) is 0.500. The van der Waals surface area contributed by atoms with Crippen molar-refractivity contribution in [2.75, 3.05) is 31.1 Å². The molecule has 0 spiro atoms. The number of ether oxygens (including phenoxy) is 2. The summed E-state index contributed by atoms with van der Waals surface area (Å²) in [5.41, 5.74) is 0. The Morgan fingerprint density at radius 1 is 1.21 bits per heavy atom. The number of hydrogen-bond donors (Lipinski definition) is 2. The summed E-state index contributed by atoms with van der Waals surface area (Å²) in [7, 11) is 0. The fourth-order valence-electron chi connectivity index (χ4n) is 3.22. The quantitative estimate of drug-likeness (QED) is 0.682. The van der Waals surface area contributed by atoms with Crippen LogP contribution in [0.15, 0.2) is 18.3 Å². The first kappa shape index (κ1) is 20.5. The van der Waals surface area contributed by atoms with E-state index in [2.05, 4.69) is 15.6 Å². The zero-order valence-electron chi connectivity index (χ0n) is 16.2. The number of hydrogen-bond acceptors (Lipinski definition) is 8. The van der Waals surface area contributed by atoms with Crippen molar-refractivity contribution in [3.05, 3.63) is 18.3 Å². The van der Waals surface area contributed by atoms with Gasteiger partial charge in [0, 0.05) is 38.1 Å². The zero-order valence-corrected chi connectivity index (χ0v) is 16.2. The van der Waals surface area contributed by atoms with Gasteiger partial charge in [-0.25, -0.2) is 19.4 Å². The van der Waals surface area contributed by atoms with Crippen molar-refractivity contribution in [2.45, 2.75) is 32.4 Å². The Labute approximate surface area is 167 Å². The standard InChI is InChI=1S/C18H23N5O6/c1-11-8-22(9-12(2)20-11)18(27)28-10-16(25)29-13-3-4-14(19-7-13)23-6-5-15(24)21-17(23)26/h3-4,7,11-12,20H,5-6,8-10H2,1-2H3,(H,21,24,26). The van der Waals surface area contributed by atoms with Crippen LogP contribution in [0.3, 0.4) is 0 Å². The fourth-order valence-corrected chi connectivity index (χ4v) is 3.22. The van der Waals surface area contributed by atoms with E-state index in [0.29, 0.717) is 18.9 Å². The summed E-state index contributed by atoms with van der Waals surface area (Å²) in [5, 5.41) is 5.50. The number of anilines is 1. The number of aromatic nitrogens is 1. The van der Waals surface area contributed by atoms with Gasteiger partial charge in [-0.3, -0.25) is 15.0 Å². The smallest absolute Gasteiger partial charge is 0.410 e. The molecular weight excluding hydrogens is 382 g/mol. The number of piperazine rings is 1. The molecule has 2 aliphatic heterocycles. The van der Waals surface area contributed by atoms with Crippen LogP contribution in [0, 0.1) is 0 Å². The van der Waals surface area contributed by atoms with Gasteiger partial charge in [-0.05, 0) is 26.0 Å². The SMILES string of the molecule is CC1CN(C(=O)OCC(=O)Oc2ccc(N3CCC(=O)NC3=O)nc2)CC(C)N1. The summed E-state index contributed by atoms with van der Waals surface area (Å²) in [6.07, 6.45) is 0.889. The lowest BCUT2D eigenvalue weighted by Crippen LogP contribution is -2.56. The van der Waals surface area contributed by atoms with Crippen molar-refractivity contribution in [3.63, 3.8) is 0 Å². The first-order valence-corrected chi connectivity index (χ1v) is 9.27. The van der Waals surface area contributed by atoms with Gasteiger partial charge in [0.2, 0.25) is 5.91 Å². The number of pyridine rings is 1. The van der Waals surface area contributed by atoms with Gasteiger partial charge in [0.05, 0.1) is 6.20 Å². The summed E-state index contributed by atoms with van der Waals surface area (Å²) in [4.78, 5) is 54.0. The third-order valence-electron chi connectivity index (χ3n) is 4.41. The van der Waals surface area contributed by atoms with Crippen LogP contribution in [0.4, 0.5) is 15.4 Å². The third kappa shape index (κ3) is 5.41. The van der Waals surface area contributed by atoms with E-state index in [9.17, 15) is 19.2 Å². The molecule has 156 valence electrons. The van der Waals surface area contributed by atoms with Gasteiger partial charge < -0.3 is 19.7 Å². The summed E-state index contributed by atoms with van der Waals surface area (Å²) < 4.78 is 10.1. The van der Waals surface area contributed by atoms with Gasteiger partial charge in [-0.1, -0.05) is 0 Å². The van der Waals surface area contributed by atoms with E-state index in [1.807, 2.05) is 13.8 Å². The Kier molecular flexibility index (Phi) is 6.27. The minimum atomic E-state index is -0.745. The molecule has 29 heavy (non-hydrogen) atoms. The highest BCUT2D eigenvalue weighted by Gasteiger charge is 2.27. The summed E-state index contributed by atoms with van der Waals surface area (Å²) >= 11 is 0. The molecule has 1 aromatic rings. The van der Waals surface area contributed by atoms with E-state index in [0.717, 1.165) is 0 Å². The van der Waals surface area contributed by atoms with Crippen LogP contribution in [-0.2, 0) is 14.3 Å². The topological polar surface area (TPSA) is 130 Å². The molecule has 2 atom stereocenters. The molecule has 1 aromatic heterocycles. The molecule has 3 heterocycles. The monoisotopic (exact) mass is 405 g/mol. The lowest BCUT2D eigenvalue weighted by atomic mass is 10.2. The molecule has 2 fully saturated rings. The maximum absolute atomic E-state index is 12.1. The van der Waals surface area contributed by atoms with E-state index in [4.69, 9.17) is 9.47 Å². The van der Waals surface area contributed by atoms with Crippen LogP contribution >= 0.6 is 0 Å². The molecule has 2 N–H and O–H groups in total.